The molecule has 0 unspecified atom stereocenters. The van der Waals surface area contributed by atoms with Crippen LogP contribution in [0.25, 0.3) is 60.9 Å². The number of benzene rings is 7. The zero-order chi connectivity index (χ0) is 33.9. The molecule has 0 fully saturated rings. The highest BCUT2D eigenvalue weighted by Crippen LogP contribution is 2.39. The molecule has 0 N–H and O–H groups in total. The maximum Gasteiger partial charge on any atom is 0.0541 e. The number of rotatable bonds is 9. The van der Waals surface area contributed by atoms with Gasteiger partial charge < -0.3 is 9.47 Å². The molecule has 0 spiro atoms. The first-order valence-corrected chi connectivity index (χ1v) is 16.9. The first kappa shape index (κ1) is 30.7. The van der Waals surface area contributed by atoms with Crippen LogP contribution in [-0.4, -0.2) is 4.57 Å². The molecule has 238 valence electrons. The van der Waals surface area contributed by atoms with E-state index in [1.807, 2.05) is 18.2 Å². The third-order valence-electron chi connectivity index (χ3n) is 9.35. The van der Waals surface area contributed by atoms with E-state index in [-0.39, 0.29) is 0 Å². The number of hydrogen-bond acceptors (Lipinski definition) is 1. The molecule has 2 heteroatoms. The van der Waals surface area contributed by atoms with Gasteiger partial charge in [0, 0.05) is 33.5 Å². The van der Waals surface area contributed by atoms with Crippen LogP contribution in [0.1, 0.15) is 0 Å². The number of hydrogen-bond donors (Lipinski definition) is 0. The molecule has 0 saturated heterocycles. The highest BCUT2D eigenvalue weighted by atomic mass is 15.1. The summed E-state index contributed by atoms with van der Waals surface area (Å²) in [6.07, 6.45) is 5.70. The van der Waals surface area contributed by atoms with Gasteiger partial charge in [-0.2, -0.15) is 0 Å². The number of para-hydroxylation sites is 1. The maximum atomic E-state index is 4.08. The van der Waals surface area contributed by atoms with Gasteiger partial charge in [0.05, 0.1) is 11.0 Å². The molecule has 0 radical (unpaired) electrons. The zero-order valence-electron chi connectivity index (χ0n) is 27.8. The number of allylic oxidation sites excluding steroid dienone is 4. The summed E-state index contributed by atoms with van der Waals surface area (Å²) in [5.41, 5.74) is 13.7. The number of fused-ring (bicyclic) bond motifs is 3. The van der Waals surface area contributed by atoms with Crippen LogP contribution in [0.15, 0.2) is 207 Å². The fraction of sp³-hybridized carbons (Fsp3) is 0. The lowest BCUT2D eigenvalue weighted by Gasteiger charge is -2.26. The lowest BCUT2D eigenvalue weighted by Crippen LogP contribution is -2.09. The molecule has 0 aliphatic rings. The van der Waals surface area contributed by atoms with Crippen LogP contribution in [0, 0.1) is 0 Å². The summed E-state index contributed by atoms with van der Waals surface area (Å²) >= 11 is 0. The van der Waals surface area contributed by atoms with E-state index < -0.39 is 0 Å². The van der Waals surface area contributed by atoms with Gasteiger partial charge in [-0.15, -0.1) is 0 Å². The zero-order valence-corrected chi connectivity index (χ0v) is 27.8. The van der Waals surface area contributed by atoms with Crippen molar-refractivity contribution < 1.29 is 0 Å². The summed E-state index contributed by atoms with van der Waals surface area (Å²) < 4.78 is 2.26. The third kappa shape index (κ3) is 5.74. The van der Waals surface area contributed by atoms with Crippen molar-refractivity contribution in [3.63, 3.8) is 0 Å². The molecule has 0 amide bonds. The Bertz CT molecular complexity index is 2380. The van der Waals surface area contributed by atoms with E-state index in [4.69, 9.17) is 0 Å². The summed E-state index contributed by atoms with van der Waals surface area (Å²) in [5, 5.41) is 2.42. The second kappa shape index (κ2) is 13.5. The molecule has 2 nitrogen and oxygen atoms in total. The topological polar surface area (TPSA) is 8.17 Å². The van der Waals surface area contributed by atoms with Crippen molar-refractivity contribution in [3.05, 3.63) is 207 Å². The number of anilines is 3. The van der Waals surface area contributed by atoms with Crippen molar-refractivity contribution in [2.24, 2.45) is 0 Å². The predicted octanol–water partition coefficient (Wildman–Crippen LogP) is 13.5. The van der Waals surface area contributed by atoms with Gasteiger partial charge >= 0.3 is 0 Å². The molecular weight excluding hydrogens is 605 g/mol. The Kier molecular flexibility index (Phi) is 8.26. The Hall–Kier alpha value is -6.64. The van der Waals surface area contributed by atoms with Gasteiger partial charge in [-0.25, -0.2) is 0 Å². The summed E-state index contributed by atoms with van der Waals surface area (Å²) in [6.45, 7) is 8.00. The van der Waals surface area contributed by atoms with Crippen LogP contribution in [-0.2, 0) is 0 Å². The molecule has 50 heavy (non-hydrogen) atoms. The summed E-state index contributed by atoms with van der Waals surface area (Å²) in [4.78, 5) is 2.33. The lowest BCUT2D eigenvalue weighted by molar-refractivity contribution is 1.24. The van der Waals surface area contributed by atoms with E-state index in [9.17, 15) is 0 Å². The van der Waals surface area contributed by atoms with Crippen LogP contribution in [0.3, 0.4) is 0 Å². The van der Waals surface area contributed by atoms with Gasteiger partial charge in [-0.05, 0) is 100 Å². The highest BCUT2D eigenvalue weighted by molar-refractivity contribution is 6.11. The molecule has 0 bridgehead atoms. The van der Waals surface area contributed by atoms with E-state index in [0.29, 0.717) is 0 Å². The van der Waals surface area contributed by atoms with Gasteiger partial charge in [0.1, 0.15) is 0 Å². The van der Waals surface area contributed by atoms with Crippen molar-refractivity contribution in [1.82, 2.24) is 4.57 Å². The predicted molar refractivity (Wildman–Crippen MR) is 215 cm³/mol. The molecule has 0 atom stereocenters. The van der Waals surface area contributed by atoms with E-state index in [2.05, 4.69) is 199 Å². The largest absolute Gasteiger partial charge is 0.311 e. The SMILES string of the molecule is C=C/C=C(\C=C)n1c2ccccc2c2cc(-c3ccc(N(c4ccc(-c5ccccc5)cc4)c4ccc(-c5ccccc5)cc4)cc3)ccc21. The fourth-order valence-electron chi connectivity index (χ4n) is 6.90. The second-order valence-corrected chi connectivity index (χ2v) is 12.3. The monoisotopic (exact) mass is 640 g/mol. The minimum Gasteiger partial charge on any atom is -0.311 e. The molecule has 0 saturated carbocycles. The van der Waals surface area contributed by atoms with Crippen LogP contribution in [0.5, 0.6) is 0 Å². The standard InChI is InChI=1S/C48H36N2/c1-3-13-41(4-2)50-47-19-12-11-18-45(47)46-34-40(26-33-48(46)50)39-24-31-44(32-25-39)49(42-27-20-37(21-28-42)35-14-7-5-8-15-35)43-29-22-38(23-30-43)36-16-9-6-10-17-36/h3-34H,1-2H2/b41-13+. The average Bonchev–Trinajstić information content (AvgIpc) is 3.52. The normalized spacial score (nSPS) is 11.5. The minimum atomic E-state index is 0.997. The van der Waals surface area contributed by atoms with Crippen molar-refractivity contribution in [3.8, 4) is 33.4 Å². The molecular formula is C48H36N2. The smallest absolute Gasteiger partial charge is 0.0541 e. The van der Waals surface area contributed by atoms with E-state index in [0.717, 1.165) is 39.4 Å². The van der Waals surface area contributed by atoms with E-state index in [1.165, 1.54) is 38.6 Å². The lowest BCUT2D eigenvalue weighted by atomic mass is 10.0. The van der Waals surface area contributed by atoms with Crippen molar-refractivity contribution >= 4 is 44.6 Å². The van der Waals surface area contributed by atoms with Gasteiger partial charge in [-0.1, -0.05) is 141 Å². The highest BCUT2D eigenvalue weighted by Gasteiger charge is 2.16. The summed E-state index contributed by atoms with van der Waals surface area (Å²) in [6, 6.07) is 62.9. The molecule has 8 aromatic rings. The number of nitrogens with zero attached hydrogens (tertiary/aromatic N) is 2. The maximum absolute atomic E-state index is 4.08. The van der Waals surface area contributed by atoms with E-state index in [1.54, 1.807) is 0 Å². The van der Waals surface area contributed by atoms with Crippen LogP contribution >= 0.6 is 0 Å². The Morgan fingerprint density at radius 2 is 0.840 bits per heavy atom. The molecule has 7 aromatic carbocycles. The molecule has 0 aliphatic carbocycles. The first-order valence-electron chi connectivity index (χ1n) is 16.9. The molecule has 1 heterocycles. The van der Waals surface area contributed by atoms with Gasteiger partial charge in [0.2, 0.25) is 0 Å². The fourth-order valence-corrected chi connectivity index (χ4v) is 6.90. The molecule has 8 rings (SSSR count). The Labute approximate surface area is 293 Å². The molecule has 0 aliphatic heterocycles. The van der Waals surface area contributed by atoms with Crippen LogP contribution in [0.4, 0.5) is 17.1 Å². The first-order chi connectivity index (χ1) is 24.7. The van der Waals surface area contributed by atoms with Crippen molar-refractivity contribution in [2.75, 3.05) is 4.90 Å². The van der Waals surface area contributed by atoms with Gasteiger partial charge in [-0.3, -0.25) is 0 Å². The summed E-state index contributed by atoms with van der Waals surface area (Å²) in [5.74, 6) is 0. The third-order valence-corrected chi connectivity index (χ3v) is 9.35. The number of aromatic nitrogens is 1. The van der Waals surface area contributed by atoms with Crippen molar-refractivity contribution in [2.45, 2.75) is 0 Å². The van der Waals surface area contributed by atoms with Gasteiger partial charge in [0.25, 0.3) is 0 Å². The van der Waals surface area contributed by atoms with Gasteiger partial charge in [0.15, 0.2) is 0 Å². The van der Waals surface area contributed by atoms with E-state index >= 15 is 0 Å². The van der Waals surface area contributed by atoms with Crippen LogP contribution in [0.2, 0.25) is 0 Å². The Morgan fingerprint density at radius 3 is 1.34 bits per heavy atom. The average molecular weight is 641 g/mol. The van der Waals surface area contributed by atoms with Crippen molar-refractivity contribution in [1.29, 1.82) is 0 Å². The molecule has 1 aromatic heterocycles. The van der Waals surface area contributed by atoms with Crippen LogP contribution < -0.4 is 4.90 Å². The second-order valence-electron chi connectivity index (χ2n) is 12.3. The minimum absolute atomic E-state index is 0.997. The Balaban J connectivity index is 1.18. The Morgan fingerprint density at radius 1 is 0.420 bits per heavy atom. The summed E-state index contributed by atoms with van der Waals surface area (Å²) in [7, 11) is 0. The quantitative estimate of drug-likeness (QED) is 0.143.